The Morgan fingerprint density at radius 2 is 2.12 bits per heavy atom. The molecule has 4 aromatic rings. The molecule has 0 bridgehead atoms. The molecule has 2 aromatic heterocycles. The summed E-state index contributed by atoms with van der Waals surface area (Å²) in [5.74, 6) is 2.51. The van der Waals surface area contributed by atoms with Gasteiger partial charge in [-0.15, -0.1) is 0 Å². The van der Waals surface area contributed by atoms with Gasteiger partial charge in [0.25, 0.3) is 5.91 Å². The van der Waals surface area contributed by atoms with Crippen molar-refractivity contribution in [3.8, 4) is 5.75 Å². The molecule has 1 saturated heterocycles. The first-order chi connectivity index (χ1) is 15.6. The average molecular weight is 430 g/mol. The highest BCUT2D eigenvalue weighted by molar-refractivity contribution is 5.98. The molecule has 1 amide bonds. The molecule has 5 rings (SSSR count). The fraction of sp³-hybridized carbons (Fsp3) is 0.308. The zero-order chi connectivity index (χ0) is 22.1. The second-order valence-electron chi connectivity index (χ2n) is 8.50. The molecule has 1 fully saturated rings. The summed E-state index contributed by atoms with van der Waals surface area (Å²) in [5.41, 5.74) is 3.91. The lowest BCUT2D eigenvalue weighted by Gasteiger charge is -2.31. The maximum Gasteiger partial charge on any atom is 0.270 e. The summed E-state index contributed by atoms with van der Waals surface area (Å²) in [6.07, 6.45) is 4.36. The lowest BCUT2D eigenvalue weighted by atomic mass is 9.97. The number of rotatable bonds is 5. The summed E-state index contributed by atoms with van der Waals surface area (Å²) in [6, 6.07) is 16.0. The topological polar surface area (TPSA) is 71.4 Å². The molecule has 3 heterocycles. The smallest absolute Gasteiger partial charge is 0.270 e. The Balaban J connectivity index is 1.29. The van der Waals surface area contributed by atoms with Crippen molar-refractivity contribution in [2.75, 3.05) is 20.2 Å². The van der Waals surface area contributed by atoms with Crippen LogP contribution in [0.25, 0.3) is 10.9 Å². The Hall–Kier alpha value is -3.54. The predicted octanol–water partition coefficient (Wildman–Crippen LogP) is 5.08. The van der Waals surface area contributed by atoms with Crippen molar-refractivity contribution in [2.24, 2.45) is 0 Å². The maximum atomic E-state index is 13.2. The molecule has 0 radical (unpaired) electrons. The van der Waals surface area contributed by atoms with Crippen LogP contribution in [0, 0.1) is 6.92 Å². The van der Waals surface area contributed by atoms with E-state index in [4.69, 9.17) is 9.15 Å². The van der Waals surface area contributed by atoms with Crippen molar-refractivity contribution in [2.45, 2.75) is 32.1 Å². The highest BCUT2D eigenvalue weighted by Gasteiger charge is 2.29. The van der Waals surface area contributed by atoms with Crippen LogP contribution in [0.2, 0.25) is 0 Å². The van der Waals surface area contributed by atoms with E-state index in [2.05, 4.69) is 23.0 Å². The van der Waals surface area contributed by atoms with Crippen LogP contribution in [-0.4, -0.2) is 41.0 Å². The summed E-state index contributed by atoms with van der Waals surface area (Å²) in [4.78, 5) is 22.9. The van der Waals surface area contributed by atoms with Crippen LogP contribution in [0.4, 0.5) is 0 Å². The molecule has 1 atom stereocenters. The van der Waals surface area contributed by atoms with Crippen LogP contribution in [0.3, 0.4) is 0 Å². The highest BCUT2D eigenvalue weighted by Crippen LogP contribution is 2.29. The SMILES string of the molecule is COc1cccc(Cc2cnc([C@@H]3CCCN(C(=O)c4cc5c(C)cccc5[nH]4)C3)o2)c1. The molecule has 2 aromatic carbocycles. The largest absolute Gasteiger partial charge is 0.497 e. The van der Waals surface area contributed by atoms with E-state index in [-0.39, 0.29) is 11.8 Å². The van der Waals surface area contributed by atoms with Gasteiger partial charge in [0.05, 0.1) is 19.2 Å². The van der Waals surface area contributed by atoms with E-state index in [0.717, 1.165) is 52.9 Å². The second-order valence-corrected chi connectivity index (χ2v) is 8.50. The minimum absolute atomic E-state index is 0.0356. The van der Waals surface area contributed by atoms with E-state index >= 15 is 0 Å². The van der Waals surface area contributed by atoms with Crippen molar-refractivity contribution < 1.29 is 13.9 Å². The monoisotopic (exact) mass is 429 g/mol. The number of benzene rings is 2. The third-order valence-electron chi connectivity index (χ3n) is 6.25. The number of aromatic amines is 1. The van der Waals surface area contributed by atoms with E-state index < -0.39 is 0 Å². The molecule has 1 aliphatic rings. The van der Waals surface area contributed by atoms with Gasteiger partial charge in [-0.25, -0.2) is 4.98 Å². The van der Waals surface area contributed by atoms with Crippen LogP contribution in [0.5, 0.6) is 5.75 Å². The first-order valence-corrected chi connectivity index (χ1v) is 11.1. The van der Waals surface area contributed by atoms with Gasteiger partial charge in [0.1, 0.15) is 17.2 Å². The number of likely N-dealkylation sites (tertiary alicyclic amines) is 1. The summed E-state index contributed by atoms with van der Waals surface area (Å²) < 4.78 is 11.4. The van der Waals surface area contributed by atoms with Crippen LogP contribution in [0.15, 0.2) is 59.1 Å². The lowest BCUT2D eigenvalue weighted by Crippen LogP contribution is -2.39. The first-order valence-electron chi connectivity index (χ1n) is 11.1. The number of carbonyl (C=O) groups is 1. The molecule has 1 N–H and O–H groups in total. The van der Waals surface area contributed by atoms with Gasteiger partial charge in [-0.05, 0) is 55.2 Å². The maximum absolute atomic E-state index is 13.2. The van der Waals surface area contributed by atoms with E-state index in [1.54, 1.807) is 13.3 Å². The van der Waals surface area contributed by atoms with Crippen LogP contribution in [0.1, 0.15) is 52.0 Å². The third-order valence-corrected chi connectivity index (χ3v) is 6.25. The number of hydrogen-bond acceptors (Lipinski definition) is 4. The molecule has 6 heteroatoms. The van der Waals surface area contributed by atoms with Gasteiger partial charge in [-0.2, -0.15) is 0 Å². The van der Waals surface area contributed by atoms with Gasteiger partial charge < -0.3 is 19.0 Å². The van der Waals surface area contributed by atoms with Gasteiger partial charge in [-0.1, -0.05) is 24.3 Å². The number of piperidine rings is 1. The van der Waals surface area contributed by atoms with E-state index in [1.165, 1.54) is 0 Å². The number of methoxy groups -OCH3 is 1. The molecule has 6 nitrogen and oxygen atoms in total. The third kappa shape index (κ3) is 4.00. The van der Waals surface area contributed by atoms with Crippen LogP contribution < -0.4 is 4.74 Å². The number of nitrogens with zero attached hydrogens (tertiary/aromatic N) is 2. The number of aromatic nitrogens is 2. The van der Waals surface area contributed by atoms with Crippen molar-refractivity contribution >= 4 is 16.8 Å². The zero-order valence-electron chi connectivity index (χ0n) is 18.4. The Kier molecular flexibility index (Phi) is 5.43. The van der Waals surface area contributed by atoms with Crippen molar-refractivity contribution in [1.82, 2.24) is 14.9 Å². The molecule has 1 aliphatic heterocycles. The molecule has 0 spiro atoms. The normalized spacial score (nSPS) is 16.4. The minimum atomic E-state index is 0.0356. The van der Waals surface area contributed by atoms with E-state index in [9.17, 15) is 4.79 Å². The number of amides is 1. The quantitative estimate of drug-likeness (QED) is 0.480. The van der Waals surface area contributed by atoms with Gasteiger partial charge in [0, 0.05) is 30.4 Å². The molecule has 164 valence electrons. The van der Waals surface area contributed by atoms with Gasteiger partial charge in [0.2, 0.25) is 0 Å². The lowest BCUT2D eigenvalue weighted by molar-refractivity contribution is 0.0693. The number of H-pyrrole nitrogens is 1. The molecule has 0 aliphatic carbocycles. The summed E-state index contributed by atoms with van der Waals surface area (Å²) in [7, 11) is 1.67. The Labute approximate surface area is 187 Å². The zero-order valence-corrected chi connectivity index (χ0v) is 18.4. The predicted molar refractivity (Wildman–Crippen MR) is 123 cm³/mol. The van der Waals surface area contributed by atoms with Gasteiger partial charge in [-0.3, -0.25) is 4.79 Å². The van der Waals surface area contributed by atoms with Crippen molar-refractivity contribution in [3.05, 3.63) is 83.2 Å². The van der Waals surface area contributed by atoms with Crippen molar-refractivity contribution in [3.63, 3.8) is 0 Å². The number of oxazole rings is 1. The summed E-state index contributed by atoms with van der Waals surface area (Å²) in [6.45, 7) is 3.43. The molecule has 32 heavy (non-hydrogen) atoms. The fourth-order valence-corrected chi connectivity index (χ4v) is 4.53. The number of aryl methyl sites for hydroxylation is 1. The van der Waals surface area contributed by atoms with E-state index in [1.807, 2.05) is 47.4 Å². The Bertz CT molecular complexity index is 1260. The van der Waals surface area contributed by atoms with Gasteiger partial charge >= 0.3 is 0 Å². The van der Waals surface area contributed by atoms with Crippen LogP contribution >= 0.6 is 0 Å². The Morgan fingerprint density at radius 3 is 2.97 bits per heavy atom. The molecular formula is C26H27N3O3. The number of ether oxygens (including phenoxy) is 1. The number of fused-ring (bicyclic) bond motifs is 1. The van der Waals surface area contributed by atoms with Crippen LogP contribution in [-0.2, 0) is 6.42 Å². The second kappa shape index (κ2) is 8.54. The molecule has 0 saturated carbocycles. The fourth-order valence-electron chi connectivity index (χ4n) is 4.53. The number of hydrogen-bond donors (Lipinski definition) is 1. The Morgan fingerprint density at radius 1 is 1.25 bits per heavy atom. The molecule has 0 unspecified atom stereocenters. The molecular weight excluding hydrogens is 402 g/mol. The van der Waals surface area contributed by atoms with Gasteiger partial charge in [0.15, 0.2) is 5.89 Å². The average Bonchev–Trinajstić information content (AvgIpc) is 3.47. The van der Waals surface area contributed by atoms with E-state index in [0.29, 0.717) is 24.6 Å². The summed E-state index contributed by atoms with van der Waals surface area (Å²) >= 11 is 0. The van der Waals surface area contributed by atoms with Crippen molar-refractivity contribution in [1.29, 1.82) is 0 Å². The standard InChI is InChI=1S/C26H27N3O3/c1-17-6-3-10-23-22(17)14-24(28-23)26(30)29-11-5-8-19(16-29)25-27-15-21(32-25)13-18-7-4-9-20(12-18)31-2/h3-4,6-7,9-10,12,14-15,19,28H,5,8,11,13,16H2,1-2H3/t19-/m1/s1. The highest BCUT2D eigenvalue weighted by atomic mass is 16.5. The first kappa shape index (κ1) is 20.4. The minimum Gasteiger partial charge on any atom is -0.497 e. The summed E-state index contributed by atoms with van der Waals surface area (Å²) in [5, 5.41) is 1.10. The number of nitrogens with one attached hydrogen (secondary N) is 1. The number of carbonyl (C=O) groups excluding carboxylic acids is 1.